The van der Waals surface area contributed by atoms with Gasteiger partial charge in [-0.3, -0.25) is 4.79 Å². The van der Waals surface area contributed by atoms with Crippen LogP contribution in [0.15, 0.2) is 24.3 Å². The summed E-state index contributed by atoms with van der Waals surface area (Å²) in [5, 5.41) is 3.34. The second kappa shape index (κ2) is 8.39. The number of primary amides is 1. The second-order valence-corrected chi connectivity index (χ2v) is 4.27. The lowest BCUT2D eigenvalue weighted by atomic mass is 10.2. The van der Waals surface area contributed by atoms with Crippen LogP contribution in [0, 0.1) is 0 Å². The first-order chi connectivity index (χ1) is 8.72. The smallest absolute Gasteiger partial charge is 0.255 e. The molecule has 18 heavy (non-hydrogen) atoms. The number of ether oxygens (including phenoxy) is 1. The van der Waals surface area contributed by atoms with Crippen molar-refractivity contribution in [3.63, 3.8) is 0 Å². The first kappa shape index (κ1) is 14.4. The van der Waals surface area contributed by atoms with E-state index >= 15 is 0 Å². The van der Waals surface area contributed by atoms with Gasteiger partial charge in [-0.15, -0.1) is 0 Å². The minimum Gasteiger partial charge on any atom is -0.484 e. The van der Waals surface area contributed by atoms with Gasteiger partial charge in [0.15, 0.2) is 6.61 Å². The van der Waals surface area contributed by atoms with E-state index in [1.165, 1.54) is 25.7 Å². The molecule has 0 aromatic heterocycles. The number of rotatable bonds is 9. The van der Waals surface area contributed by atoms with E-state index in [0.717, 1.165) is 12.2 Å². The normalized spacial score (nSPS) is 10.1. The molecule has 0 atom stereocenters. The van der Waals surface area contributed by atoms with Crippen LogP contribution in [-0.4, -0.2) is 19.1 Å². The molecule has 1 aromatic carbocycles. The zero-order valence-corrected chi connectivity index (χ0v) is 10.9. The number of carbonyl (C=O) groups is 1. The highest BCUT2D eigenvalue weighted by molar-refractivity contribution is 5.75. The summed E-state index contributed by atoms with van der Waals surface area (Å²) in [5.74, 6) is 0.195. The average Bonchev–Trinajstić information content (AvgIpc) is 2.37. The van der Waals surface area contributed by atoms with Crippen LogP contribution in [0.5, 0.6) is 5.75 Å². The van der Waals surface area contributed by atoms with Crippen molar-refractivity contribution in [2.24, 2.45) is 5.73 Å². The van der Waals surface area contributed by atoms with Crippen LogP contribution < -0.4 is 15.8 Å². The Morgan fingerprint density at radius 1 is 1.33 bits per heavy atom. The van der Waals surface area contributed by atoms with E-state index in [2.05, 4.69) is 12.2 Å². The van der Waals surface area contributed by atoms with Gasteiger partial charge in [-0.2, -0.15) is 0 Å². The van der Waals surface area contributed by atoms with Crippen LogP contribution in [0.25, 0.3) is 0 Å². The Kier molecular flexibility index (Phi) is 6.69. The van der Waals surface area contributed by atoms with Crippen molar-refractivity contribution in [1.82, 2.24) is 0 Å². The minimum atomic E-state index is -0.465. The van der Waals surface area contributed by atoms with Crippen molar-refractivity contribution in [2.75, 3.05) is 18.5 Å². The van der Waals surface area contributed by atoms with Crippen LogP contribution >= 0.6 is 0 Å². The molecule has 0 fully saturated rings. The predicted molar refractivity (Wildman–Crippen MR) is 73.8 cm³/mol. The van der Waals surface area contributed by atoms with Crippen LogP contribution in [-0.2, 0) is 4.79 Å². The van der Waals surface area contributed by atoms with E-state index in [9.17, 15) is 4.79 Å². The molecule has 0 radical (unpaired) electrons. The molecule has 0 spiro atoms. The highest BCUT2D eigenvalue weighted by Crippen LogP contribution is 2.17. The molecule has 1 amide bonds. The molecular weight excluding hydrogens is 228 g/mol. The maximum atomic E-state index is 10.6. The SMILES string of the molecule is CCCCCCNc1cccc(OCC(N)=O)c1. The van der Waals surface area contributed by atoms with Crippen LogP contribution in [0.4, 0.5) is 5.69 Å². The number of nitrogens with one attached hydrogen (secondary N) is 1. The summed E-state index contributed by atoms with van der Waals surface area (Å²) >= 11 is 0. The largest absolute Gasteiger partial charge is 0.484 e. The fraction of sp³-hybridized carbons (Fsp3) is 0.500. The molecule has 0 aliphatic rings. The molecule has 4 heteroatoms. The van der Waals surface area contributed by atoms with Gasteiger partial charge in [0.1, 0.15) is 5.75 Å². The lowest BCUT2D eigenvalue weighted by Gasteiger charge is -2.08. The second-order valence-electron chi connectivity index (χ2n) is 4.27. The molecule has 3 N–H and O–H groups in total. The third kappa shape index (κ3) is 6.13. The molecule has 1 rings (SSSR count). The first-order valence-electron chi connectivity index (χ1n) is 6.47. The van der Waals surface area contributed by atoms with Crippen LogP contribution in [0.2, 0.25) is 0 Å². The van der Waals surface area contributed by atoms with Gasteiger partial charge in [0, 0.05) is 18.3 Å². The van der Waals surface area contributed by atoms with Crippen molar-refractivity contribution in [1.29, 1.82) is 0 Å². The Hall–Kier alpha value is -1.71. The number of hydrogen-bond donors (Lipinski definition) is 2. The number of amides is 1. The topological polar surface area (TPSA) is 64.3 Å². The van der Waals surface area contributed by atoms with Gasteiger partial charge in [-0.1, -0.05) is 32.3 Å². The average molecular weight is 250 g/mol. The lowest BCUT2D eigenvalue weighted by molar-refractivity contribution is -0.119. The minimum absolute atomic E-state index is 0.0834. The number of carbonyl (C=O) groups excluding carboxylic acids is 1. The molecule has 0 saturated heterocycles. The fourth-order valence-corrected chi connectivity index (χ4v) is 1.63. The van der Waals surface area contributed by atoms with Gasteiger partial charge in [-0.05, 0) is 18.6 Å². The molecule has 1 aromatic rings. The molecule has 0 saturated carbocycles. The molecule has 0 unspecified atom stereocenters. The fourth-order valence-electron chi connectivity index (χ4n) is 1.63. The van der Waals surface area contributed by atoms with Gasteiger partial charge in [-0.25, -0.2) is 0 Å². The molecule has 0 bridgehead atoms. The number of unbranched alkanes of at least 4 members (excludes halogenated alkanes) is 3. The van der Waals surface area contributed by atoms with Crippen molar-refractivity contribution in [3.8, 4) is 5.75 Å². The first-order valence-corrected chi connectivity index (χ1v) is 6.47. The van der Waals surface area contributed by atoms with E-state index in [-0.39, 0.29) is 6.61 Å². The number of nitrogens with two attached hydrogens (primary N) is 1. The van der Waals surface area contributed by atoms with Crippen molar-refractivity contribution >= 4 is 11.6 Å². The maximum absolute atomic E-state index is 10.6. The third-order valence-corrected chi connectivity index (χ3v) is 2.57. The molecule has 0 aliphatic heterocycles. The van der Waals surface area contributed by atoms with Crippen LogP contribution in [0.1, 0.15) is 32.6 Å². The van der Waals surface area contributed by atoms with E-state index in [1.54, 1.807) is 0 Å². The van der Waals surface area contributed by atoms with E-state index in [0.29, 0.717) is 5.75 Å². The molecule has 100 valence electrons. The Labute approximate surface area is 109 Å². The zero-order valence-electron chi connectivity index (χ0n) is 10.9. The summed E-state index contributed by atoms with van der Waals surface area (Å²) in [6.45, 7) is 3.08. The highest BCUT2D eigenvalue weighted by atomic mass is 16.5. The van der Waals surface area contributed by atoms with Gasteiger partial charge >= 0.3 is 0 Å². The monoisotopic (exact) mass is 250 g/mol. The Morgan fingerprint density at radius 2 is 2.17 bits per heavy atom. The summed E-state index contributed by atoms with van der Waals surface area (Å²) in [7, 11) is 0. The Morgan fingerprint density at radius 3 is 2.89 bits per heavy atom. The molecule has 4 nitrogen and oxygen atoms in total. The molecular formula is C14H22N2O2. The maximum Gasteiger partial charge on any atom is 0.255 e. The standard InChI is InChI=1S/C14H22N2O2/c1-2-3-4-5-9-16-12-7-6-8-13(10-12)18-11-14(15)17/h6-8,10,16H,2-5,9,11H2,1H3,(H2,15,17). The van der Waals surface area contributed by atoms with E-state index in [1.807, 2.05) is 24.3 Å². The predicted octanol–water partition coefficient (Wildman–Crippen LogP) is 2.54. The Bertz CT molecular complexity index is 367. The summed E-state index contributed by atoms with van der Waals surface area (Å²) in [4.78, 5) is 10.6. The summed E-state index contributed by atoms with van der Waals surface area (Å²) < 4.78 is 5.24. The molecule has 0 heterocycles. The number of hydrogen-bond acceptors (Lipinski definition) is 3. The van der Waals surface area contributed by atoms with Gasteiger partial charge in [0.25, 0.3) is 5.91 Å². The summed E-state index contributed by atoms with van der Waals surface area (Å²) in [6, 6.07) is 7.57. The number of anilines is 1. The number of benzene rings is 1. The molecule has 0 aliphatic carbocycles. The van der Waals surface area contributed by atoms with Crippen LogP contribution in [0.3, 0.4) is 0 Å². The third-order valence-electron chi connectivity index (χ3n) is 2.57. The summed E-state index contributed by atoms with van der Waals surface area (Å²) in [6.07, 6.45) is 4.95. The quantitative estimate of drug-likeness (QED) is 0.662. The van der Waals surface area contributed by atoms with E-state index < -0.39 is 5.91 Å². The van der Waals surface area contributed by atoms with Crippen molar-refractivity contribution in [3.05, 3.63) is 24.3 Å². The van der Waals surface area contributed by atoms with Crippen molar-refractivity contribution < 1.29 is 9.53 Å². The highest BCUT2D eigenvalue weighted by Gasteiger charge is 1.99. The van der Waals surface area contributed by atoms with Crippen molar-refractivity contribution in [2.45, 2.75) is 32.6 Å². The zero-order chi connectivity index (χ0) is 13.2. The van der Waals surface area contributed by atoms with Gasteiger partial charge in [0.2, 0.25) is 0 Å². The van der Waals surface area contributed by atoms with E-state index in [4.69, 9.17) is 10.5 Å². The van der Waals surface area contributed by atoms with Gasteiger partial charge in [0.05, 0.1) is 0 Å². The lowest BCUT2D eigenvalue weighted by Crippen LogP contribution is -2.20. The van der Waals surface area contributed by atoms with Gasteiger partial charge < -0.3 is 15.8 Å². The Balaban J connectivity index is 2.32. The summed E-state index contributed by atoms with van der Waals surface area (Å²) in [5.41, 5.74) is 6.03.